The summed E-state index contributed by atoms with van der Waals surface area (Å²) >= 11 is 3.60. The Morgan fingerprint density at radius 3 is 1.81 bits per heavy atom. The van der Waals surface area contributed by atoms with Gasteiger partial charge >= 0.3 is 0 Å². The van der Waals surface area contributed by atoms with E-state index < -0.39 is 10.1 Å². The Morgan fingerprint density at radius 1 is 0.889 bits per heavy atom. The summed E-state index contributed by atoms with van der Waals surface area (Å²) in [6, 6.07) is 5.78. The fourth-order valence-corrected chi connectivity index (χ4v) is 4.23. The first-order valence-electron chi connectivity index (χ1n) is 10.1. The second-order valence-electron chi connectivity index (χ2n) is 7.51. The predicted octanol–water partition coefficient (Wildman–Crippen LogP) is 5.50. The molecule has 0 aliphatic carbocycles. The third-order valence-electron chi connectivity index (χ3n) is 4.79. The number of hydrogen-bond acceptors (Lipinski definition) is 3. The molecule has 0 fully saturated rings. The summed E-state index contributed by atoms with van der Waals surface area (Å²) in [7, 11) is -1.84. The van der Waals surface area contributed by atoms with Crippen molar-refractivity contribution in [2.45, 2.75) is 70.6 Å². The zero-order valence-corrected chi connectivity index (χ0v) is 19.9. The molecule has 0 saturated carbocycles. The minimum atomic E-state index is -4.27. The van der Waals surface area contributed by atoms with Crippen LogP contribution in [-0.4, -0.2) is 49.5 Å². The molecule has 0 N–H and O–H groups in total. The molecule has 27 heavy (non-hydrogen) atoms. The lowest BCUT2D eigenvalue weighted by Crippen LogP contribution is -2.46. The first-order chi connectivity index (χ1) is 12.7. The van der Waals surface area contributed by atoms with E-state index in [1.165, 1.54) is 81.2 Å². The molecule has 1 unspecified atom stereocenters. The van der Waals surface area contributed by atoms with Crippen LogP contribution in [0.25, 0.3) is 0 Å². The lowest BCUT2D eigenvalue weighted by molar-refractivity contribution is -0.907. The maximum Gasteiger partial charge on any atom is 0.124 e. The first kappa shape index (κ1) is 26.6. The van der Waals surface area contributed by atoms with E-state index in [0.717, 1.165) is 10.9 Å². The number of benzene rings is 1. The van der Waals surface area contributed by atoms with Gasteiger partial charge in [0.15, 0.2) is 0 Å². The normalized spacial score (nSPS) is 13.6. The molecule has 0 heterocycles. The van der Waals surface area contributed by atoms with Gasteiger partial charge in [0.25, 0.3) is 0 Å². The number of alkyl halides is 1. The number of unbranched alkanes of at least 4 members (excludes halogenated alkanes) is 5. The molecule has 0 amide bonds. The third kappa shape index (κ3) is 13.4. The minimum absolute atomic E-state index is 0.178. The van der Waals surface area contributed by atoms with Crippen LogP contribution in [0, 0.1) is 6.92 Å². The van der Waals surface area contributed by atoms with E-state index >= 15 is 0 Å². The summed E-state index contributed by atoms with van der Waals surface area (Å²) in [6.45, 7) is 10.4. The smallest absolute Gasteiger partial charge is 0.124 e. The highest BCUT2D eigenvalue weighted by atomic mass is 79.9. The number of hydrogen-bond donors (Lipinski definition) is 0. The number of rotatable bonds is 12. The lowest BCUT2D eigenvalue weighted by atomic mass is 10.1. The number of quaternary nitrogens is 1. The third-order valence-corrected chi connectivity index (χ3v) is 5.99. The van der Waals surface area contributed by atoms with E-state index in [2.05, 4.69) is 36.8 Å². The van der Waals surface area contributed by atoms with Gasteiger partial charge in [-0.2, -0.15) is 0 Å². The number of halogens is 1. The molecule has 0 radical (unpaired) electrons. The van der Waals surface area contributed by atoms with E-state index in [1.807, 2.05) is 6.92 Å². The Morgan fingerprint density at radius 2 is 1.37 bits per heavy atom. The topological polar surface area (TPSA) is 57.2 Å². The average Bonchev–Trinajstić information content (AvgIpc) is 2.59. The van der Waals surface area contributed by atoms with Crippen LogP contribution in [0.3, 0.4) is 0 Å². The average molecular weight is 465 g/mol. The van der Waals surface area contributed by atoms with Gasteiger partial charge in [-0.25, -0.2) is 8.42 Å². The Kier molecular flexibility index (Phi) is 14.3. The molecule has 1 atom stereocenters. The van der Waals surface area contributed by atoms with Crippen LogP contribution in [0.15, 0.2) is 29.2 Å². The second kappa shape index (κ2) is 14.6. The summed E-state index contributed by atoms with van der Waals surface area (Å²) in [4.78, 5) is -0.178. The van der Waals surface area contributed by atoms with Crippen molar-refractivity contribution in [1.29, 1.82) is 0 Å². The van der Waals surface area contributed by atoms with Crippen molar-refractivity contribution in [3.63, 3.8) is 0 Å². The van der Waals surface area contributed by atoms with Crippen LogP contribution in [0.4, 0.5) is 0 Å². The molecule has 4 nitrogen and oxygen atoms in total. The highest BCUT2D eigenvalue weighted by Crippen LogP contribution is 2.12. The Balaban J connectivity index is 0.000000533. The quantitative estimate of drug-likeness (QED) is 0.178. The van der Waals surface area contributed by atoms with Gasteiger partial charge in [0.1, 0.15) is 10.1 Å². The number of aryl methyl sites for hydroxylation is 1. The fourth-order valence-electron chi connectivity index (χ4n) is 2.91. The van der Waals surface area contributed by atoms with Gasteiger partial charge in [-0.3, -0.25) is 0 Å². The molecule has 0 aliphatic rings. The second-order valence-corrected chi connectivity index (χ2v) is 9.69. The van der Waals surface area contributed by atoms with E-state index in [4.69, 9.17) is 0 Å². The summed E-state index contributed by atoms with van der Waals surface area (Å²) in [5.41, 5.74) is 0.928. The number of nitrogens with zero attached hydrogens (tertiary/aromatic N) is 1. The molecular weight excluding hydrogens is 426 g/mol. The summed E-state index contributed by atoms with van der Waals surface area (Å²) < 4.78 is 32.4. The van der Waals surface area contributed by atoms with Crippen molar-refractivity contribution in [1.82, 2.24) is 0 Å². The Labute approximate surface area is 175 Å². The minimum Gasteiger partial charge on any atom is -0.744 e. The molecule has 158 valence electrons. The SMILES string of the molecule is CCCCCC[N+](C)(CCBr)CCCCC.Cc1ccc(S(=O)(=O)[O-])cc1. The monoisotopic (exact) mass is 463 g/mol. The largest absolute Gasteiger partial charge is 0.744 e. The van der Waals surface area contributed by atoms with Crippen LogP contribution in [0.2, 0.25) is 0 Å². The molecule has 0 spiro atoms. The zero-order valence-electron chi connectivity index (χ0n) is 17.5. The van der Waals surface area contributed by atoms with Gasteiger partial charge in [-0.1, -0.05) is 66.7 Å². The zero-order chi connectivity index (χ0) is 20.8. The van der Waals surface area contributed by atoms with Crippen molar-refractivity contribution in [2.24, 2.45) is 0 Å². The van der Waals surface area contributed by atoms with Crippen LogP contribution in [0.5, 0.6) is 0 Å². The van der Waals surface area contributed by atoms with E-state index in [0.29, 0.717) is 0 Å². The molecule has 0 aliphatic heterocycles. The van der Waals surface area contributed by atoms with E-state index in [1.54, 1.807) is 12.1 Å². The Hall–Kier alpha value is -0.430. The van der Waals surface area contributed by atoms with Gasteiger partial charge in [-0.15, -0.1) is 0 Å². The van der Waals surface area contributed by atoms with Crippen molar-refractivity contribution in [3.05, 3.63) is 29.8 Å². The summed E-state index contributed by atoms with van der Waals surface area (Å²) in [5.74, 6) is 0. The van der Waals surface area contributed by atoms with Crippen molar-refractivity contribution >= 4 is 26.0 Å². The lowest BCUT2D eigenvalue weighted by Gasteiger charge is -2.34. The molecule has 6 heteroatoms. The maximum atomic E-state index is 10.4. The first-order valence-corrected chi connectivity index (χ1v) is 12.6. The molecule has 0 saturated heterocycles. The fraction of sp³-hybridized carbons (Fsp3) is 0.714. The van der Waals surface area contributed by atoms with Gasteiger partial charge in [0, 0.05) is 0 Å². The van der Waals surface area contributed by atoms with Crippen molar-refractivity contribution in [3.8, 4) is 0 Å². The van der Waals surface area contributed by atoms with Crippen LogP contribution in [0.1, 0.15) is 64.4 Å². The van der Waals surface area contributed by atoms with Crippen LogP contribution in [-0.2, 0) is 10.1 Å². The molecule has 0 bridgehead atoms. The van der Waals surface area contributed by atoms with Crippen molar-refractivity contribution < 1.29 is 17.5 Å². The van der Waals surface area contributed by atoms with Gasteiger partial charge in [0.05, 0.1) is 36.9 Å². The van der Waals surface area contributed by atoms with Gasteiger partial charge in [0.2, 0.25) is 0 Å². The van der Waals surface area contributed by atoms with Gasteiger partial charge in [-0.05, 0) is 44.7 Å². The molecule has 1 aromatic rings. The highest BCUT2D eigenvalue weighted by Gasteiger charge is 2.19. The van der Waals surface area contributed by atoms with E-state index in [-0.39, 0.29) is 4.90 Å². The van der Waals surface area contributed by atoms with Crippen molar-refractivity contribution in [2.75, 3.05) is 32.0 Å². The standard InChI is InChI=1S/C14H31BrN.C7H8O3S/c1-4-6-8-10-13-16(3,14-11-15)12-9-7-5-2;1-6-2-4-7(5-3-6)11(8,9)10/h4-14H2,1-3H3;2-5H,1H3,(H,8,9,10)/q+1;/p-1. The molecule has 1 rings (SSSR count). The van der Waals surface area contributed by atoms with Crippen LogP contribution >= 0.6 is 15.9 Å². The predicted molar refractivity (Wildman–Crippen MR) is 117 cm³/mol. The maximum absolute atomic E-state index is 10.4. The summed E-state index contributed by atoms with van der Waals surface area (Å²) in [6.07, 6.45) is 9.70. The molecular formula is C21H38BrNO3S. The molecule has 0 aromatic heterocycles. The van der Waals surface area contributed by atoms with Gasteiger partial charge < -0.3 is 9.04 Å². The Bertz CT molecular complexity index is 590. The highest BCUT2D eigenvalue weighted by molar-refractivity contribution is 9.09. The summed E-state index contributed by atoms with van der Waals surface area (Å²) in [5, 5.41) is 1.14. The van der Waals surface area contributed by atoms with Crippen LogP contribution < -0.4 is 0 Å². The molecule has 1 aromatic carbocycles. The van der Waals surface area contributed by atoms with E-state index in [9.17, 15) is 13.0 Å².